The third-order valence-corrected chi connectivity index (χ3v) is 5.97. The number of aromatic amines is 1. The van der Waals surface area contributed by atoms with Gasteiger partial charge in [0.05, 0.1) is 10.3 Å². The van der Waals surface area contributed by atoms with Crippen LogP contribution in [-0.2, 0) is 4.79 Å². The van der Waals surface area contributed by atoms with Crippen LogP contribution in [0.15, 0.2) is 23.6 Å². The van der Waals surface area contributed by atoms with Crippen molar-refractivity contribution in [2.24, 2.45) is 5.73 Å². The lowest BCUT2D eigenvalue weighted by Gasteiger charge is -2.29. The van der Waals surface area contributed by atoms with Crippen LogP contribution in [0.25, 0.3) is 11.0 Å². The lowest BCUT2D eigenvalue weighted by atomic mass is 10.2. The van der Waals surface area contributed by atoms with Crippen molar-refractivity contribution in [3.8, 4) is 0 Å². The number of likely N-dealkylation sites (tertiary alicyclic amines) is 1. The molecular formula is C18H24N6OS. The molecule has 7 nitrogen and oxygen atoms in total. The second-order valence-corrected chi connectivity index (χ2v) is 8.07. The molecule has 3 N–H and O–H groups in total. The number of hydrogen-bond acceptors (Lipinski definition) is 6. The van der Waals surface area contributed by atoms with Crippen molar-refractivity contribution >= 4 is 34.5 Å². The summed E-state index contributed by atoms with van der Waals surface area (Å²) in [5.74, 6) is 1.80. The summed E-state index contributed by atoms with van der Waals surface area (Å²) in [6.07, 6.45) is 8.56. The first-order valence-corrected chi connectivity index (χ1v) is 10.1. The quantitative estimate of drug-likeness (QED) is 0.838. The van der Waals surface area contributed by atoms with E-state index in [1.54, 1.807) is 18.1 Å². The van der Waals surface area contributed by atoms with E-state index in [0.717, 1.165) is 65.4 Å². The minimum absolute atomic E-state index is 0.0794. The van der Waals surface area contributed by atoms with Gasteiger partial charge in [-0.2, -0.15) is 0 Å². The number of nitrogens with two attached hydrogens (primary N) is 1. The first-order valence-electron chi connectivity index (χ1n) is 9.08. The summed E-state index contributed by atoms with van der Waals surface area (Å²) in [6.45, 7) is 4.29. The SMILES string of the molecule is Cc1c[nH]c2ncnc(N3C=C(C(=O)N4CCCC[C@H](N)C4)SCC3)c12. The maximum Gasteiger partial charge on any atom is 0.261 e. The molecule has 0 aromatic carbocycles. The van der Waals surface area contributed by atoms with Crippen molar-refractivity contribution in [3.05, 3.63) is 29.2 Å². The lowest BCUT2D eigenvalue weighted by Crippen LogP contribution is -2.41. The Morgan fingerprint density at radius 2 is 2.23 bits per heavy atom. The normalized spacial score (nSPS) is 21.6. The highest BCUT2D eigenvalue weighted by Gasteiger charge is 2.26. The number of aryl methyl sites for hydroxylation is 1. The highest BCUT2D eigenvalue weighted by Crippen LogP contribution is 2.31. The van der Waals surface area contributed by atoms with Crippen molar-refractivity contribution in [3.63, 3.8) is 0 Å². The number of nitrogens with zero attached hydrogens (tertiary/aromatic N) is 4. The van der Waals surface area contributed by atoms with Gasteiger partial charge in [0.1, 0.15) is 17.8 Å². The summed E-state index contributed by atoms with van der Waals surface area (Å²) in [7, 11) is 0. The summed E-state index contributed by atoms with van der Waals surface area (Å²) in [6, 6.07) is 0.0794. The predicted octanol–water partition coefficient (Wildman–Crippen LogP) is 2.00. The van der Waals surface area contributed by atoms with Gasteiger partial charge in [-0.05, 0) is 25.3 Å². The van der Waals surface area contributed by atoms with Crippen LogP contribution in [-0.4, -0.2) is 57.2 Å². The molecular weight excluding hydrogens is 348 g/mol. The van der Waals surface area contributed by atoms with E-state index >= 15 is 0 Å². The Kier molecular flexibility index (Phi) is 4.86. The van der Waals surface area contributed by atoms with Crippen molar-refractivity contribution in [1.82, 2.24) is 19.9 Å². The standard InChI is InChI=1S/C18H24N6OS/c1-12-8-20-16-15(12)17(22-11-21-16)23-6-7-26-14(10-23)18(25)24-5-3-2-4-13(19)9-24/h8,10-11,13H,2-7,9,19H2,1H3,(H,20,21,22)/t13-/m0/s1. The molecule has 1 atom stereocenters. The fraction of sp³-hybridized carbons (Fsp3) is 0.500. The first kappa shape index (κ1) is 17.4. The van der Waals surface area contributed by atoms with E-state index < -0.39 is 0 Å². The van der Waals surface area contributed by atoms with Crippen molar-refractivity contribution in [2.75, 3.05) is 30.3 Å². The van der Waals surface area contributed by atoms with Crippen LogP contribution in [0.4, 0.5) is 5.82 Å². The van der Waals surface area contributed by atoms with Gasteiger partial charge in [0.15, 0.2) is 0 Å². The van der Waals surface area contributed by atoms with E-state index in [1.807, 2.05) is 24.2 Å². The van der Waals surface area contributed by atoms with Crippen LogP contribution in [0.5, 0.6) is 0 Å². The summed E-state index contributed by atoms with van der Waals surface area (Å²) in [5, 5.41) is 1.01. The molecule has 4 heterocycles. The minimum atomic E-state index is 0.0794. The zero-order valence-electron chi connectivity index (χ0n) is 14.9. The zero-order chi connectivity index (χ0) is 18.1. The van der Waals surface area contributed by atoms with Crippen LogP contribution in [0.2, 0.25) is 0 Å². The van der Waals surface area contributed by atoms with E-state index in [2.05, 4.69) is 19.9 Å². The molecule has 2 aliphatic heterocycles. The number of H-pyrrole nitrogens is 1. The molecule has 0 saturated carbocycles. The number of carbonyl (C=O) groups excluding carboxylic acids is 1. The van der Waals surface area contributed by atoms with Crippen LogP contribution in [0.3, 0.4) is 0 Å². The van der Waals surface area contributed by atoms with Crippen molar-refractivity contribution < 1.29 is 4.79 Å². The Morgan fingerprint density at radius 1 is 1.35 bits per heavy atom. The maximum absolute atomic E-state index is 13.0. The summed E-state index contributed by atoms with van der Waals surface area (Å²) >= 11 is 1.62. The molecule has 0 aliphatic carbocycles. The Morgan fingerprint density at radius 3 is 3.12 bits per heavy atom. The molecule has 2 aromatic rings. The Bertz CT molecular complexity index is 847. The molecule has 4 rings (SSSR count). The second-order valence-electron chi connectivity index (χ2n) is 6.93. The zero-order valence-corrected chi connectivity index (χ0v) is 15.8. The molecule has 2 aromatic heterocycles. The summed E-state index contributed by atoms with van der Waals surface area (Å²) < 4.78 is 0. The average molecular weight is 372 g/mol. The van der Waals surface area contributed by atoms with Crippen molar-refractivity contribution in [1.29, 1.82) is 0 Å². The molecule has 0 spiro atoms. The van der Waals surface area contributed by atoms with Gasteiger partial charge in [0, 0.05) is 43.8 Å². The maximum atomic E-state index is 13.0. The van der Waals surface area contributed by atoms with Crippen LogP contribution in [0.1, 0.15) is 24.8 Å². The number of nitrogens with one attached hydrogen (secondary N) is 1. The van der Waals surface area contributed by atoms with E-state index in [-0.39, 0.29) is 11.9 Å². The van der Waals surface area contributed by atoms with Crippen LogP contribution in [0, 0.1) is 6.92 Å². The molecule has 1 saturated heterocycles. The van der Waals surface area contributed by atoms with Gasteiger partial charge in [-0.25, -0.2) is 9.97 Å². The highest BCUT2D eigenvalue weighted by molar-refractivity contribution is 8.04. The number of thioether (sulfide) groups is 1. The molecule has 2 aliphatic rings. The minimum Gasteiger partial charge on any atom is -0.346 e. The van der Waals surface area contributed by atoms with E-state index in [1.165, 1.54) is 0 Å². The summed E-state index contributed by atoms with van der Waals surface area (Å²) in [5.41, 5.74) is 8.06. The van der Waals surface area contributed by atoms with E-state index in [0.29, 0.717) is 6.54 Å². The molecule has 0 radical (unpaired) electrons. The largest absolute Gasteiger partial charge is 0.346 e. The van der Waals surface area contributed by atoms with Gasteiger partial charge < -0.3 is 20.5 Å². The van der Waals surface area contributed by atoms with E-state index in [9.17, 15) is 4.79 Å². The first-order chi connectivity index (χ1) is 12.6. The number of fused-ring (bicyclic) bond motifs is 1. The molecule has 138 valence electrons. The van der Waals surface area contributed by atoms with Gasteiger partial charge in [0.25, 0.3) is 5.91 Å². The summed E-state index contributed by atoms with van der Waals surface area (Å²) in [4.78, 5) is 29.7. The Labute approximate surface area is 157 Å². The lowest BCUT2D eigenvalue weighted by molar-refractivity contribution is -0.126. The van der Waals surface area contributed by atoms with Crippen LogP contribution < -0.4 is 10.6 Å². The molecule has 1 amide bonds. The van der Waals surface area contributed by atoms with Gasteiger partial charge in [-0.1, -0.05) is 6.42 Å². The number of carbonyl (C=O) groups is 1. The molecule has 0 bridgehead atoms. The van der Waals surface area contributed by atoms with Crippen LogP contribution >= 0.6 is 11.8 Å². The van der Waals surface area contributed by atoms with Gasteiger partial charge >= 0.3 is 0 Å². The third-order valence-electron chi connectivity index (χ3n) is 4.99. The number of rotatable bonds is 2. The number of hydrogen-bond donors (Lipinski definition) is 2. The smallest absolute Gasteiger partial charge is 0.261 e. The van der Waals surface area contributed by atoms with Gasteiger partial charge in [-0.15, -0.1) is 11.8 Å². The fourth-order valence-corrected chi connectivity index (χ4v) is 4.57. The molecule has 8 heteroatoms. The molecule has 0 unspecified atom stereocenters. The topological polar surface area (TPSA) is 91.1 Å². The van der Waals surface area contributed by atoms with E-state index in [4.69, 9.17) is 5.73 Å². The Hall–Kier alpha value is -2.06. The van der Waals surface area contributed by atoms with Crippen molar-refractivity contribution in [2.45, 2.75) is 32.2 Å². The predicted molar refractivity (Wildman–Crippen MR) is 105 cm³/mol. The number of aromatic nitrogens is 3. The Balaban J connectivity index is 1.63. The van der Waals surface area contributed by atoms with Gasteiger partial charge in [-0.3, -0.25) is 4.79 Å². The molecule has 1 fully saturated rings. The van der Waals surface area contributed by atoms with Gasteiger partial charge in [0.2, 0.25) is 0 Å². The fourth-order valence-electron chi connectivity index (χ4n) is 3.61. The monoisotopic (exact) mass is 372 g/mol. The average Bonchev–Trinajstić information content (AvgIpc) is 2.91. The number of amides is 1. The number of anilines is 1. The third kappa shape index (κ3) is 3.31. The molecule has 26 heavy (non-hydrogen) atoms. The highest BCUT2D eigenvalue weighted by atomic mass is 32.2. The second kappa shape index (κ2) is 7.28.